The number of halogens is 3. The number of hydrogen-bond donors (Lipinski definition) is 1. The van der Waals surface area contributed by atoms with Gasteiger partial charge in [0.1, 0.15) is 18.2 Å². The zero-order valence-corrected chi connectivity index (χ0v) is 13.8. The van der Waals surface area contributed by atoms with Crippen LogP contribution in [0.5, 0.6) is 0 Å². The molecule has 1 aliphatic heterocycles. The molecule has 24 heavy (non-hydrogen) atoms. The number of benzene rings is 2. The molecule has 4 rings (SSSR count). The maximum absolute atomic E-state index is 13.2. The summed E-state index contributed by atoms with van der Waals surface area (Å²) >= 11 is 12.7. The summed E-state index contributed by atoms with van der Waals surface area (Å²) in [6, 6.07) is 11.3. The molecule has 0 saturated heterocycles. The van der Waals surface area contributed by atoms with Crippen molar-refractivity contribution >= 4 is 34.8 Å². The van der Waals surface area contributed by atoms with Crippen LogP contribution in [0.3, 0.4) is 0 Å². The van der Waals surface area contributed by atoms with Crippen LogP contribution in [0.1, 0.15) is 17.2 Å². The molecule has 0 aliphatic carbocycles. The lowest BCUT2D eigenvalue weighted by Gasteiger charge is -2.25. The summed E-state index contributed by atoms with van der Waals surface area (Å²) in [5.74, 6) is 0.279. The first-order valence-corrected chi connectivity index (χ1v) is 7.97. The van der Waals surface area contributed by atoms with E-state index in [-0.39, 0.29) is 11.9 Å². The normalized spacial score (nSPS) is 16.3. The average Bonchev–Trinajstić information content (AvgIpc) is 3.04. The van der Waals surface area contributed by atoms with Crippen molar-refractivity contribution in [3.05, 3.63) is 81.9 Å². The highest BCUT2D eigenvalue weighted by molar-refractivity contribution is 6.36. The number of nitrogens with one attached hydrogen (secondary N) is 1. The van der Waals surface area contributed by atoms with Gasteiger partial charge in [0.15, 0.2) is 0 Å². The molecule has 1 N–H and O–H groups in total. The molecule has 1 atom stereocenters. The Labute approximate surface area is 147 Å². The number of aromatic nitrogens is 3. The molecule has 0 spiro atoms. The van der Waals surface area contributed by atoms with E-state index in [0.717, 1.165) is 16.8 Å². The molecule has 0 amide bonds. The molecule has 0 saturated carbocycles. The van der Waals surface area contributed by atoms with Crippen LogP contribution in [0.2, 0.25) is 10.0 Å². The van der Waals surface area contributed by atoms with Crippen molar-refractivity contribution in [1.82, 2.24) is 14.8 Å². The van der Waals surface area contributed by atoms with Crippen LogP contribution < -0.4 is 5.32 Å². The third kappa shape index (κ3) is 2.56. The number of rotatable bonds is 2. The summed E-state index contributed by atoms with van der Waals surface area (Å²) in [5.41, 5.74) is 2.36. The fourth-order valence-electron chi connectivity index (χ4n) is 2.73. The van der Waals surface area contributed by atoms with Gasteiger partial charge >= 0.3 is 0 Å². The zero-order chi connectivity index (χ0) is 16.7. The molecule has 1 aliphatic rings. The zero-order valence-electron chi connectivity index (χ0n) is 12.2. The van der Waals surface area contributed by atoms with Gasteiger partial charge in [0, 0.05) is 21.3 Å². The minimum atomic E-state index is -0.315. The van der Waals surface area contributed by atoms with E-state index in [0.29, 0.717) is 16.0 Å². The Morgan fingerprint density at radius 2 is 1.75 bits per heavy atom. The maximum atomic E-state index is 13.2. The predicted molar refractivity (Wildman–Crippen MR) is 92.6 cm³/mol. The molecule has 0 unspecified atom stereocenters. The Bertz CT molecular complexity index is 914. The van der Waals surface area contributed by atoms with Gasteiger partial charge in [-0.3, -0.25) is 0 Å². The standard InChI is InChI=1S/C17H11Cl2FN4/c18-12-2-1-3-13(19)16(12)15-8-14(10-4-6-11(20)7-5-10)23-17-21-9-22-24(15)17/h1-9,15H,(H,21,22,23)/t15-/m0/s1. The lowest BCUT2D eigenvalue weighted by molar-refractivity contribution is 0.612. The molecular weight excluding hydrogens is 350 g/mol. The fraction of sp³-hybridized carbons (Fsp3) is 0.0588. The second-order valence-corrected chi connectivity index (χ2v) is 6.14. The summed E-state index contributed by atoms with van der Waals surface area (Å²) in [6.45, 7) is 0. The Morgan fingerprint density at radius 3 is 2.46 bits per heavy atom. The van der Waals surface area contributed by atoms with Crippen molar-refractivity contribution in [3.63, 3.8) is 0 Å². The Balaban J connectivity index is 1.87. The summed E-state index contributed by atoms with van der Waals surface area (Å²) in [7, 11) is 0. The molecule has 120 valence electrons. The van der Waals surface area contributed by atoms with E-state index < -0.39 is 0 Å². The molecule has 7 heteroatoms. The van der Waals surface area contributed by atoms with E-state index in [2.05, 4.69) is 15.4 Å². The van der Waals surface area contributed by atoms with Crippen molar-refractivity contribution in [2.24, 2.45) is 0 Å². The van der Waals surface area contributed by atoms with Gasteiger partial charge in [-0.25, -0.2) is 9.07 Å². The summed E-state index contributed by atoms with van der Waals surface area (Å²) in [6.07, 6.45) is 3.41. The third-order valence-electron chi connectivity index (χ3n) is 3.86. The number of hydrogen-bond acceptors (Lipinski definition) is 3. The van der Waals surface area contributed by atoms with Crippen LogP contribution in [0, 0.1) is 5.82 Å². The molecule has 4 nitrogen and oxygen atoms in total. The summed E-state index contributed by atoms with van der Waals surface area (Å²) in [5, 5.41) is 8.55. The number of nitrogens with zero attached hydrogens (tertiary/aromatic N) is 3. The third-order valence-corrected chi connectivity index (χ3v) is 4.52. The van der Waals surface area contributed by atoms with Crippen molar-refractivity contribution in [2.75, 3.05) is 5.32 Å². The number of anilines is 1. The Morgan fingerprint density at radius 1 is 1.04 bits per heavy atom. The highest BCUT2D eigenvalue weighted by atomic mass is 35.5. The minimum absolute atomic E-state index is 0.288. The van der Waals surface area contributed by atoms with Gasteiger partial charge < -0.3 is 5.32 Å². The van der Waals surface area contributed by atoms with Gasteiger partial charge in [0.25, 0.3) is 0 Å². The molecule has 2 aromatic carbocycles. The van der Waals surface area contributed by atoms with Crippen molar-refractivity contribution < 1.29 is 4.39 Å². The number of fused-ring (bicyclic) bond motifs is 1. The van der Waals surface area contributed by atoms with Crippen molar-refractivity contribution in [3.8, 4) is 0 Å². The van der Waals surface area contributed by atoms with Crippen LogP contribution in [-0.2, 0) is 0 Å². The van der Waals surface area contributed by atoms with E-state index in [4.69, 9.17) is 23.2 Å². The molecule has 2 heterocycles. The summed E-state index contributed by atoms with van der Waals surface area (Å²) in [4.78, 5) is 4.22. The van der Waals surface area contributed by atoms with Crippen LogP contribution in [0.4, 0.5) is 10.3 Å². The highest BCUT2D eigenvalue weighted by Crippen LogP contribution is 2.38. The van der Waals surface area contributed by atoms with Gasteiger partial charge in [0.05, 0.1) is 0 Å². The second-order valence-electron chi connectivity index (χ2n) is 5.32. The predicted octanol–water partition coefficient (Wildman–Crippen LogP) is 4.78. The Kier molecular flexibility index (Phi) is 3.75. The lowest BCUT2D eigenvalue weighted by Crippen LogP contribution is -2.20. The van der Waals surface area contributed by atoms with Crippen LogP contribution in [0.15, 0.2) is 54.9 Å². The van der Waals surface area contributed by atoms with Crippen LogP contribution >= 0.6 is 23.2 Å². The average molecular weight is 361 g/mol. The van der Waals surface area contributed by atoms with E-state index in [9.17, 15) is 4.39 Å². The summed E-state index contributed by atoms with van der Waals surface area (Å²) < 4.78 is 14.9. The van der Waals surface area contributed by atoms with Crippen molar-refractivity contribution in [2.45, 2.75) is 6.04 Å². The largest absolute Gasteiger partial charge is 0.324 e. The molecular formula is C17H11Cl2FN4. The topological polar surface area (TPSA) is 42.7 Å². The fourth-order valence-corrected chi connectivity index (χ4v) is 3.35. The maximum Gasteiger partial charge on any atom is 0.226 e. The quantitative estimate of drug-likeness (QED) is 0.714. The lowest BCUT2D eigenvalue weighted by atomic mass is 10.0. The molecule has 0 fully saturated rings. The van der Waals surface area contributed by atoms with Gasteiger partial charge in [0.2, 0.25) is 5.95 Å². The van der Waals surface area contributed by atoms with E-state index >= 15 is 0 Å². The van der Waals surface area contributed by atoms with Gasteiger partial charge in [-0.1, -0.05) is 29.3 Å². The first-order valence-electron chi connectivity index (χ1n) is 7.21. The highest BCUT2D eigenvalue weighted by Gasteiger charge is 2.26. The molecule has 3 aromatic rings. The molecule has 0 radical (unpaired) electrons. The van der Waals surface area contributed by atoms with Gasteiger partial charge in [-0.2, -0.15) is 10.1 Å². The number of allylic oxidation sites excluding steroid dienone is 1. The van der Waals surface area contributed by atoms with E-state index in [1.165, 1.54) is 18.5 Å². The SMILES string of the molecule is Fc1ccc(C2=C[C@@H](c3c(Cl)cccc3Cl)n3ncnc3N2)cc1. The smallest absolute Gasteiger partial charge is 0.226 e. The van der Waals surface area contributed by atoms with Gasteiger partial charge in [-0.15, -0.1) is 0 Å². The van der Waals surface area contributed by atoms with Gasteiger partial charge in [-0.05, 0) is 48.0 Å². The Hall–Kier alpha value is -2.37. The first-order chi connectivity index (χ1) is 11.6. The first kappa shape index (κ1) is 15.2. The van der Waals surface area contributed by atoms with Crippen LogP contribution in [-0.4, -0.2) is 14.8 Å². The minimum Gasteiger partial charge on any atom is -0.324 e. The molecule has 0 bridgehead atoms. The van der Waals surface area contributed by atoms with Crippen molar-refractivity contribution in [1.29, 1.82) is 0 Å². The second kappa shape index (κ2) is 5.92. The van der Waals surface area contributed by atoms with E-state index in [1.807, 2.05) is 6.08 Å². The monoisotopic (exact) mass is 360 g/mol. The molecule has 1 aromatic heterocycles. The van der Waals surface area contributed by atoms with E-state index in [1.54, 1.807) is 35.0 Å². The van der Waals surface area contributed by atoms with Crippen LogP contribution in [0.25, 0.3) is 5.70 Å².